The lowest BCUT2D eigenvalue weighted by Crippen LogP contribution is -2.31. The summed E-state index contributed by atoms with van der Waals surface area (Å²) in [6.45, 7) is 0. The zero-order valence-corrected chi connectivity index (χ0v) is 13.9. The van der Waals surface area contributed by atoms with Gasteiger partial charge in [-0.1, -0.05) is 36.4 Å². The number of nitrogens with one attached hydrogen (secondary N) is 2. The second-order valence-electron chi connectivity index (χ2n) is 6.34. The molecule has 0 atom stereocenters. The summed E-state index contributed by atoms with van der Waals surface area (Å²) in [4.78, 5) is 17.2. The van der Waals surface area contributed by atoms with Crippen molar-refractivity contribution in [2.45, 2.75) is 6.42 Å². The van der Waals surface area contributed by atoms with Gasteiger partial charge in [0.2, 0.25) is 0 Å². The number of rotatable bonds is 3. The molecule has 0 radical (unpaired) electrons. The normalized spacial score (nSPS) is 12.8. The third-order valence-corrected chi connectivity index (χ3v) is 4.72. The third kappa shape index (κ3) is 2.33. The second-order valence-corrected chi connectivity index (χ2v) is 6.34. The number of carbonyl (C=O) groups is 1. The highest BCUT2D eigenvalue weighted by Crippen LogP contribution is 2.25. The molecule has 2 aromatic heterocycles. The highest BCUT2D eigenvalue weighted by Gasteiger charge is 2.18. The fraction of sp³-hybridized carbons (Fsp3) is 0.0476. The van der Waals surface area contributed by atoms with Crippen LogP contribution >= 0.6 is 0 Å². The molecule has 126 valence electrons. The topological polar surface area (TPSA) is 58.4 Å². The van der Waals surface area contributed by atoms with Gasteiger partial charge in [-0.3, -0.25) is 15.6 Å². The first-order valence-corrected chi connectivity index (χ1v) is 8.50. The number of nitrogens with zero attached hydrogens (tertiary/aromatic N) is 2. The molecule has 0 unspecified atom stereocenters. The van der Waals surface area contributed by atoms with Crippen LogP contribution < -0.4 is 10.9 Å². The van der Waals surface area contributed by atoms with Gasteiger partial charge in [0.05, 0.1) is 16.6 Å². The van der Waals surface area contributed by atoms with Crippen LogP contribution in [0.5, 0.6) is 0 Å². The lowest BCUT2D eigenvalue weighted by molar-refractivity contribution is -0.117. The maximum atomic E-state index is 12.5. The van der Waals surface area contributed by atoms with Crippen LogP contribution in [0.25, 0.3) is 22.6 Å². The Balaban J connectivity index is 1.42. The van der Waals surface area contributed by atoms with Gasteiger partial charge in [-0.25, -0.2) is 4.98 Å². The van der Waals surface area contributed by atoms with Gasteiger partial charge in [-0.05, 0) is 41.5 Å². The van der Waals surface area contributed by atoms with Crippen LogP contribution in [0.4, 0.5) is 5.82 Å². The molecule has 2 heterocycles. The number of carbonyl (C=O) groups excluding carboxylic acids is 1. The SMILES string of the molecule is O=C(NNc1nc2ccccc2n2cccc12)C1=Cc2ccccc2C1. The van der Waals surface area contributed by atoms with Crippen LogP contribution in [0.1, 0.15) is 11.1 Å². The summed E-state index contributed by atoms with van der Waals surface area (Å²) in [6, 6.07) is 19.9. The first-order chi connectivity index (χ1) is 12.8. The number of amides is 1. The van der Waals surface area contributed by atoms with Crippen molar-refractivity contribution >= 4 is 34.4 Å². The van der Waals surface area contributed by atoms with E-state index in [9.17, 15) is 4.79 Å². The molecule has 4 aromatic rings. The number of fused-ring (bicyclic) bond motifs is 4. The summed E-state index contributed by atoms with van der Waals surface area (Å²) >= 11 is 0. The van der Waals surface area contributed by atoms with Crippen LogP contribution in [0.15, 0.2) is 72.4 Å². The molecule has 1 aliphatic carbocycles. The molecule has 5 heteroatoms. The molecule has 0 saturated carbocycles. The summed E-state index contributed by atoms with van der Waals surface area (Å²) in [7, 11) is 0. The molecule has 5 rings (SSSR count). The number of para-hydroxylation sites is 2. The Morgan fingerprint density at radius 1 is 0.962 bits per heavy atom. The maximum Gasteiger partial charge on any atom is 0.265 e. The standard InChI is InChI=1S/C21H16N4O/c26-21(16-12-14-6-1-2-7-15(14)13-16)24-23-20-19-10-5-11-25(19)18-9-4-3-8-17(18)22-20/h1-12H,13H2,(H,22,23)(H,24,26). The first kappa shape index (κ1) is 14.7. The molecule has 2 N–H and O–H groups in total. The van der Waals surface area contributed by atoms with Gasteiger partial charge in [0, 0.05) is 18.2 Å². The van der Waals surface area contributed by atoms with Crippen molar-refractivity contribution in [3.8, 4) is 0 Å². The van der Waals surface area contributed by atoms with E-state index < -0.39 is 0 Å². The first-order valence-electron chi connectivity index (χ1n) is 8.50. The minimum Gasteiger partial charge on any atom is -0.312 e. The van der Waals surface area contributed by atoms with Crippen molar-refractivity contribution < 1.29 is 4.79 Å². The zero-order valence-electron chi connectivity index (χ0n) is 13.9. The van der Waals surface area contributed by atoms with E-state index in [-0.39, 0.29) is 5.91 Å². The predicted molar refractivity (Wildman–Crippen MR) is 103 cm³/mol. The number of aromatic nitrogens is 2. The fourth-order valence-electron chi connectivity index (χ4n) is 3.44. The molecular weight excluding hydrogens is 324 g/mol. The van der Waals surface area contributed by atoms with E-state index in [1.165, 1.54) is 5.56 Å². The molecule has 0 spiro atoms. The Labute approximate surface area is 150 Å². The summed E-state index contributed by atoms with van der Waals surface area (Å²) in [6.07, 6.45) is 4.57. The molecule has 2 aromatic carbocycles. The van der Waals surface area contributed by atoms with Gasteiger partial charge in [-0.15, -0.1) is 0 Å². The number of hydrazine groups is 1. The Kier molecular flexibility index (Phi) is 3.25. The minimum absolute atomic E-state index is 0.138. The van der Waals surface area contributed by atoms with Gasteiger partial charge >= 0.3 is 0 Å². The quantitative estimate of drug-likeness (QED) is 0.561. The molecule has 1 amide bonds. The summed E-state index contributed by atoms with van der Waals surface area (Å²) in [5.74, 6) is 0.485. The fourth-order valence-corrected chi connectivity index (χ4v) is 3.44. The van der Waals surface area contributed by atoms with Crippen molar-refractivity contribution in [3.05, 3.63) is 83.6 Å². The Hall–Kier alpha value is -3.60. The maximum absolute atomic E-state index is 12.5. The second kappa shape index (κ2) is 5.74. The molecular formula is C21H16N4O. The van der Waals surface area contributed by atoms with E-state index in [4.69, 9.17) is 0 Å². The van der Waals surface area contributed by atoms with Gasteiger partial charge in [0.15, 0.2) is 5.82 Å². The van der Waals surface area contributed by atoms with Crippen LogP contribution in [0, 0.1) is 0 Å². The Morgan fingerprint density at radius 2 is 1.77 bits per heavy atom. The molecule has 0 bridgehead atoms. The average molecular weight is 340 g/mol. The number of hydrogen-bond donors (Lipinski definition) is 2. The van der Waals surface area contributed by atoms with E-state index in [1.807, 2.05) is 66.9 Å². The third-order valence-electron chi connectivity index (χ3n) is 4.72. The molecule has 5 nitrogen and oxygen atoms in total. The Bertz CT molecular complexity index is 1190. The lowest BCUT2D eigenvalue weighted by atomic mass is 10.1. The highest BCUT2D eigenvalue weighted by molar-refractivity contribution is 6.01. The van der Waals surface area contributed by atoms with E-state index in [0.717, 1.165) is 27.7 Å². The van der Waals surface area contributed by atoms with Crippen molar-refractivity contribution in [2.24, 2.45) is 0 Å². The van der Waals surface area contributed by atoms with Crippen LogP contribution in [-0.4, -0.2) is 15.3 Å². The monoisotopic (exact) mass is 340 g/mol. The van der Waals surface area contributed by atoms with Crippen LogP contribution in [0.2, 0.25) is 0 Å². The highest BCUT2D eigenvalue weighted by atomic mass is 16.2. The number of anilines is 1. The smallest absolute Gasteiger partial charge is 0.265 e. The van der Waals surface area contributed by atoms with Crippen LogP contribution in [-0.2, 0) is 11.2 Å². The Morgan fingerprint density at radius 3 is 2.69 bits per heavy atom. The lowest BCUT2D eigenvalue weighted by Gasteiger charge is -2.12. The number of benzene rings is 2. The molecule has 1 aliphatic rings. The van der Waals surface area contributed by atoms with Gasteiger partial charge < -0.3 is 4.40 Å². The summed E-state index contributed by atoms with van der Waals surface area (Å²) in [5, 5.41) is 0. The largest absolute Gasteiger partial charge is 0.312 e. The molecule has 0 saturated heterocycles. The molecule has 0 fully saturated rings. The van der Waals surface area contributed by atoms with E-state index in [1.54, 1.807) is 0 Å². The number of hydrogen-bond acceptors (Lipinski definition) is 3. The zero-order chi connectivity index (χ0) is 17.5. The van der Waals surface area contributed by atoms with Gasteiger partial charge in [0.25, 0.3) is 5.91 Å². The molecule has 0 aliphatic heterocycles. The van der Waals surface area contributed by atoms with Crippen molar-refractivity contribution in [2.75, 3.05) is 5.43 Å². The minimum atomic E-state index is -0.138. The van der Waals surface area contributed by atoms with Gasteiger partial charge in [-0.2, -0.15) is 0 Å². The summed E-state index contributed by atoms with van der Waals surface area (Å²) in [5.41, 5.74) is 11.6. The van der Waals surface area contributed by atoms with Crippen molar-refractivity contribution in [1.29, 1.82) is 0 Å². The average Bonchev–Trinajstić information content (AvgIpc) is 3.33. The predicted octanol–water partition coefficient (Wildman–Crippen LogP) is 3.57. The van der Waals surface area contributed by atoms with Crippen LogP contribution in [0.3, 0.4) is 0 Å². The van der Waals surface area contributed by atoms with E-state index >= 15 is 0 Å². The van der Waals surface area contributed by atoms with Crippen molar-refractivity contribution in [3.63, 3.8) is 0 Å². The van der Waals surface area contributed by atoms with Crippen molar-refractivity contribution in [1.82, 2.24) is 14.8 Å². The summed E-state index contributed by atoms with van der Waals surface area (Å²) < 4.78 is 2.06. The molecule has 26 heavy (non-hydrogen) atoms. The van der Waals surface area contributed by atoms with E-state index in [0.29, 0.717) is 12.2 Å². The van der Waals surface area contributed by atoms with E-state index in [2.05, 4.69) is 26.3 Å². The van der Waals surface area contributed by atoms with Gasteiger partial charge in [0.1, 0.15) is 0 Å².